The van der Waals surface area contributed by atoms with E-state index in [9.17, 15) is 4.39 Å². The van der Waals surface area contributed by atoms with Gasteiger partial charge in [0.05, 0.1) is 5.71 Å². The molecule has 0 atom stereocenters. The fourth-order valence-corrected chi connectivity index (χ4v) is 1.00. The van der Waals surface area contributed by atoms with Crippen molar-refractivity contribution in [3.8, 4) is 0 Å². The van der Waals surface area contributed by atoms with Gasteiger partial charge in [-0.05, 0) is 18.6 Å². The number of oxime groups is 1. The second-order valence-corrected chi connectivity index (χ2v) is 2.41. The molecule has 0 bridgehead atoms. The van der Waals surface area contributed by atoms with E-state index < -0.39 is 0 Å². The Morgan fingerprint density at radius 3 is 2.83 bits per heavy atom. The molecule has 0 aliphatic carbocycles. The van der Waals surface area contributed by atoms with Crippen LogP contribution in [0.25, 0.3) is 0 Å². The van der Waals surface area contributed by atoms with Gasteiger partial charge in [0, 0.05) is 5.56 Å². The predicted molar refractivity (Wildman–Crippen MR) is 45.0 cm³/mol. The maximum absolute atomic E-state index is 12.7. The van der Waals surface area contributed by atoms with Crippen molar-refractivity contribution in [1.82, 2.24) is 0 Å². The SMILES string of the molecule is CC/C(=N/O)c1cccc(F)c1. The van der Waals surface area contributed by atoms with E-state index in [0.29, 0.717) is 17.7 Å². The minimum atomic E-state index is -0.317. The fourth-order valence-electron chi connectivity index (χ4n) is 1.00. The molecule has 1 rings (SSSR count). The molecule has 0 aliphatic heterocycles. The van der Waals surface area contributed by atoms with Crippen molar-refractivity contribution < 1.29 is 9.60 Å². The van der Waals surface area contributed by atoms with Crippen LogP contribution in [0.15, 0.2) is 29.4 Å². The molecule has 1 aromatic rings. The molecule has 0 saturated heterocycles. The van der Waals surface area contributed by atoms with Crippen molar-refractivity contribution >= 4 is 5.71 Å². The molecule has 0 fully saturated rings. The van der Waals surface area contributed by atoms with Gasteiger partial charge < -0.3 is 5.21 Å². The highest BCUT2D eigenvalue weighted by Crippen LogP contribution is 2.06. The molecule has 0 saturated carbocycles. The Morgan fingerprint density at radius 1 is 1.58 bits per heavy atom. The molecule has 12 heavy (non-hydrogen) atoms. The molecule has 64 valence electrons. The minimum Gasteiger partial charge on any atom is -0.411 e. The van der Waals surface area contributed by atoms with Gasteiger partial charge in [-0.1, -0.05) is 24.2 Å². The molecule has 1 aromatic carbocycles. The van der Waals surface area contributed by atoms with Crippen LogP contribution in [0.1, 0.15) is 18.9 Å². The Kier molecular flexibility index (Phi) is 2.80. The summed E-state index contributed by atoms with van der Waals surface area (Å²) in [6.45, 7) is 1.85. The minimum absolute atomic E-state index is 0.317. The van der Waals surface area contributed by atoms with Crippen molar-refractivity contribution in [2.24, 2.45) is 5.16 Å². The number of nitrogens with zero attached hydrogens (tertiary/aromatic N) is 1. The van der Waals surface area contributed by atoms with E-state index in [0.717, 1.165) is 0 Å². The predicted octanol–water partition coefficient (Wildman–Crippen LogP) is 2.41. The highest BCUT2D eigenvalue weighted by molar-refractivity contribution is 5.99. The Bertz CT molecular complexity index is 296. The number of benzene rings is 1. The van der Waals surface area contributed by atoms with Crippen LogP contribution in [-0.2, 0) is 0 Å². The van der Waals surface area contributed by atoms with Crippen LogP contribution < -0.4 is 0 Å². The average molecular weight is 167 g/mol. The van der Waals surface area contributed by atoms with E-state index in [1.165, 1.54) is 12.1 Å². The summed E-state index contributed by atoms with van der Waals surface area (Å²) in [4.78, 5) is 0. The molecule has 0 amide bonds. The molecule has 0 aromatic heterocycles. The first kappa shape index (κ1) is 8.71. The van der Waals surface area contributed by atoms with Crippen molar-refractivity contribution in [3.63, 3.8) is 0 Å². The summed E-state index contributed by atoms with van der Waals surface area (Å²) in [6, 6.07) is 6.00. The van der Waals surface area contributed by atoms with Gasteiger partial charge in [0.2, 0.25) is 0 Å². The summed E-state index contributed by atoms with van der Waals surface area (Å²) < 4.78 is 12.7. The van der Waals surface area contributed by atoms with Crippen LogP contribution >= 0.6 is 0 Å². The molecule has 3 heteroatoms. The molecular formula is C9H10FNO. The topological polar surface area (TPSA) is 32.6 Å². The third-order valence-corrected chi connectivity index (χ3v) is 1.61. The van der Waals surface area contributed by atoms with E-state index in [1.54, 1.807) is 12.1 Å². The quantitative estimate of drug-likeness (QED) is 0.409. The van der Waals surface area contributed by atoms with E-state index in [2.05, 4.69) is 5.16 Å². The van der Waals surface area contributed by atoms with E-state index in [4.69, 9.17) is 5.21 Å². The Hall–Kier alpha value is -1.38. The second-order valence-electron chi connectivity index (χ2n) is 2.41. The van der Waals surface area contributed by atoms with Gasteiger partial charge in [0.25, 0.3) is 0 Å². The smallest absolute Gasteiger partial charge is 0.123 e. The highest BCUT2D eigenvalue weighted by Gasteiger charge is 2.01. The molecule has 0 aliphatic rings. The largest absolute Gasteiger partial charge is 0.411 e. The van der Waals surface area contributed by atoms with Gasteiger partial charge in [0.1, 0.15) is 5.82 Å². The summed E-state index contributed by atoms with van der Waals surface area (Å²) in [6.07, 6.45) is 0.583. The molecule has 0 unspecified atom stereocenters. The van der Waals surface area contributed by atoms with E-state index in [-0.39, 0.29) is 5.82 Å². The van der Waals surface area contributed by atoms with Crippen LogP contribution in [0.5, 0.6) is 0 Å². The van der Waals surface area contributed by atoms with Crippen molar-refractivity contribution in [2.75, 3.05) is 0 Å². The summed E-state index contributed by atoms with van der Waals surface area (Å²) in [7, 11) is 0. The molecule has 0 spiro atoms. The number of hydrogen-bond donors (Lipinski definition) is 1. The van der Waals surface area contributed by atoms with Gasteiger partial charge in [-0.2, -0.15) is 0 Å². The normalized spacial score (nSPS) is 11.7. The standard InChI is InChI=1S/C9H10FNO/c1-2-9(11-12)7-4-3-5-8(10)6-7/h3-6,12H,2H2,1H3/b11-9-. The van der Waals surface area contributed by atoms with Gasteiger partial charge in [0.15, 0.2) is 0 Å². The molecular weight excluding hydrogens is 157 g/mol. The van der Waals surface area contributed by atoms with Gasteiger partial charge >= 0.3 is 0 Å². The monoisotopic (exact) mass is 167 g/mol. The van der Waals surface area contributed by atoms with E-state index >= 15 is 0 Å². The average Bonchev–Trinajstić information content (AvgIpc) is 2.07. The molecule has 1 N–H and O–H groups in total. The zero-order valence-corrected chi connectivity index (χ0v) is 6.79. The lowest BCUT2D eigenvalue weighted by molar-refractivity contribution is 0.318. The Balaban J connectivity index is 3.02. The van der Waals surface area contributed by atoms with Crippen LogP contribution in [0.4, 0.5) is 4.39 Å². The maximum atomic E-state index is 12.7. The molecule has 2 nitrogen and oxygen atoms in total. The number of halogens is 1. The van der Waals surface area contributed by atoms with Gasteiger partial charge in [-0.15, -0.1) is 0 Å². The third kappa shape index (κ3) is 1.81. The third-order valence-electron chi connectivity index (χ3n) is 1.61. The van der Waals surface area contributed by atoms with Gasteiger partial charge in [-0.25, -0.2) is 4.39 Å². The van der Waals surface area contributed by atoms with Crippen LogP contribution in [0, 0.1) is 5.82 Å². The summed E-state index contributed by atoms with van der Waals surface area (Å²) in [5.41, 5.74) is 1.12. The van der Waals surface area contributed by atoms with E-state index in [1.807, 2.05) is 6.92 Å². The van der Waals surface area contributed by atoms with Crippen LogP contribution in [0.2, 0.25) is 0 Å². The lowest BCUT2D eigenvalue weighted by Crippen LogP contribution is -1.98. The highest BCUT2D eigenvalue weighted by atomic mass is 19.1. The van der Waals surface area contributed by atoms with Crippen molar-refractivity contribution in [3.05, 3.63) is 35.6 Å². The summed E-state index contributed by atoms with van der Waals surface area (Å²) in [5, 5.41) is 11.6. The number of hydrogen-bond acceptors (Lipinski definition) is 2. The first-order valence-electron chi connectivity index (χ1n) is 3.74. The zero-order chi connectivity index (χ0) is 8.97. The first-order valence-corrected chi connectivity index (χ1v) is 3.74. The van der Waals surface area contributed by atoms with Crippen LogP contribution in [0.3, 0.4) is 0 Å². The molecule has 0 radical (unpaired) electrons. The number of rotatable bonds is 2. The summed E-state index contributed by atoms with van der Waals surface area (Å²) in [5.74, 6) is -0.317. The lowest BCUT2D eigenvalue weighted by Gasteiger charge is -1.99. The van der Waals surface area contributed by atoms with Crippen molar-refractivity contribution in [1.29, 1.82) is 0 Å². The van der Waals surface area contributed by atoms with Gasteiger partial charge in [-0.3, -0.25) is 0 Å². The first-order chi connectivity index (χ1) is 5.77. The summed E-state index contributed by atoms with van der Waals surface area (Å²) >= 11 is 0. The Morgan fingerprint density at radius 2 is 2.33 bits per heavy atom. The molecule has 0 heterocycles. The zero-order valence-electron chi connectivity index (χ0n) is 6.79. The lowest BCUT2D eigenvalue weighted by atomic mass is 10.1. The maximum Gasteiger partial charge on any atom is 0.123 e. The fraction of sp³-hybridized carbons (Fsp3) is 0.222. The second kappa shape index (κ2) is 3.85. The Labute approximate surface area is 70.3 Å². The van der Waals surface area contributed by atoms with Crippen molar-refractivity contribution in [2.45, 2.75) is 13.3 Å². The van der Waals surface area contributed by atoms with Crippen LogP contribution in [-0.4, -0.2) is 10.9 Å².